The molecular weight excluding hydrogens is 420 g/mol. The van der Waals surface area contributed by atoms with Crippen molar-refractivity contribution in [1.29, 1.82) is 0 Å². The summed E-state index contributed by atoms with van der Waals surface area (Å²) >= 11 is 0. The minimum atomic E-state index is -0.242. The van der Waals surface area contributed by atoms with E-state index in [1.807, 2.05) is 12.1 Å². The number of aryl methyl sites for hydroxylation is 1. The second-order valence-electron chi connectivity index (χ2n) is 12.7. The van der Waals surface area contributed by atoms with Gasteiger partial charge in [0.15, 0.2) is 0 Å². The van der Waals surface area contributed by atoms with Crippen LogP contribution in [0.2, 0.25) is 0 Å². The first-order chi connectivity index (χ1) is 15.8. The zero-order chi connectivity index (χ0) is 24.9. The Morgan fingerprint density at radius 3 is 2.50 bits per heavy atom. The van der Waals surface area contributed by atoms with Gasteiger partial charge in [-0.1, -0.05) is 79.2 Å². The molecule has 2 aliphatic rings. The quantitative estimate of drug-likeness (QED) is 0.360. The molecule has 0 amide bonds. The van der Waals surface area contributed by atoms with E-state index in [2.05, 4.69) is 72.0 Å². The average molecular weight is 463 g/mol. The van der Waals surface area contributed by atoms with Crippen molar-refractivity contribution in [2.24, 2.45) is 11.3 Å². The molecule has 0 aromatic heterocycles. The normalized spacial score (nSPS) is 26.6. The number of hydrogen-bond acceptors (Lipinski definition) is 3. The van der Waals surface area contributed by atoms with Gasteiger partial charge in [0.05, 0.1) is 4.92 Å². The first-order valence-electron chi connectivity index (χ1n) is 13.0. The standard InChI is InChI=1S/C30H42N2O2/c1-20(2)21-9-12-24-22(17-21)10-14-27-29(6,15-8-16-30(24,27)7)19-31-25-13-11-23(28(3,4)5)18-26(25)32(33)34/h9,11-13,17-18,20,27,31H,8,10,14-16,19H2,1-7H3/t27-,29+,30+/m0/s1. The maximum atomic E-state index is 11.9. The Bertz CT molecular complexity index is 1080. The number of fused-ring (bicyclic) bond motifs is 3. The van der Waals surface area contributed by atoms with Crippen molar-refractivity contribution in [2.75, 3.05) is 11.9 Å². The van der Waals surface area contributed by atoms with Crippen LogP contribution < -0.4 is 5.32 Å². The molecule has 1 saturated carbocycles. The van der Waals surface area contributed by atoms with E-state index in [0.29, 0.717) is 17.5 Å². The van der Waals surface area contributed by atoms with Crippen LogP contribution in [-0.2, 0) is 17.3 Å². The highest BCUT2D eigenvalue weighted by molar-refractivity contribution is 5.63. The van der Waals surface area contributed by atoms with E-state index >= 15 is 0 Å². The smallest absolute Gasteiger partial charge is 0.292 e. The van der Waals surface area contributed by atoms with E-state index < -0.39 is 0 Å². The molecule has 2 aliphatic carbocycles. The van der Waals surface area contributed by atoms with Crippen molar-refractivity contribution >= 4 is 11.4 Å². The molecule has 184 valence electrons. The van der Waals surface area contributed by atoms with Crippen LogP contribution in [0.3, 0.4) is 0 Å². The zero-order valence-corrected chi connectivity index (χ0v) is 22.1. The molecule has 0 saturated heterocycles. The summed E-state index contributed by atoms with van der Waals surface area (Å²) in [5.74, 6) is 1.11. The molecule has 3 atom stereocenters. The molecule has 0 radical (unpaired) electrons. The highest BCUT2D eigenvalue weighted by Crippen LogP contribution is 2.57. The van der Waals surface area contributed by atoms with Crippen LogP contribution in [0.15, 0.2) is 36.4 Å². The fourth-order valence-corrected chi connectivity index (χ4v) is 6.81. The SMILES string of the molecule is CC(C)c1ccc2c(c1)CC[C@H]1[C@@](C)(CNc3ccc(C(C)(C)C)cc3[N+](=O)[O-])CCC[C@]21C. The van der Waals surface area contributed by atoms with Crippen molar-refractivity contribution in [3.05, 3.63) is 68.8 Å². The lowest BCUT2D eigenvalue weighted by Gasteiger charge is -2.55. The van der Waals surface area contributed by atoms with E-state index in [0.717, 1.165) is 24.9 Å². The summed E-state index contributed by atoms with van der Waals surface area (Å²) in [5.41, 5.74) is 6.48. The summed E-state index contributed by atoms with van der Waals surface area (Å²) < 4.78 is 0. The maximum Gasteiger partial charge on any atom is 0.292 e. The third kappa shape index (κ3) is 4.36. The minimum absolute atomic E-state index is 0.0952. The molecule has 0 aliphatic heterocycles. The van der Waals surface area contributed by atoms with Gasteiger partial charge >= 0.3 is 0 Å². The zero-order valence-electron chi connectivity index (χ0n) is 22.1. The predicted molar refractivity (Wildman–Crippen MR) is 142 cm³/mol. The molecule has 2 aromatic carbocycles. The van der Waals surface area contributed by atoms with E-state index in [4.69, 9.17) is 0 Å². The number of benzene rings is 2. The number of nitrogens with one attached hydrogen (secondary N) is 1. The van der Waals surface area contributed by atoms with Gasteiger partial charge in [-0.05, 0) is 82.1 Å². The number of rotatable bonds is 5. The van der Waals surface area contributed by atoms with Crippen molar-refractivity contribution in [2.45, 2.75) is 97.3 Å². The molecule has 0 unspecified atom stereocenters. The molecule has 1 N–H and O–H groups in total. The Kier molecular flexibility index (Phi) is 6.33. The Labute approximate surface area is 205 Å². The number of hydrogen-bond donors (Lipinski definition) is 1. The highest BCUT2D eigenvalue weighted by Gasteiger charge is 2.51. The van der Waals surface area contributed by atoms with Gasteiger partial charge in [0.2, 0.25) is 0 Å². The summed E-state index contributed by atoms with van der Waals surface area (Å²) in [6.07, 6.45) is 5.90. The minimum Gasteiger partial charge on any atom is -0.379 e. The molecule has 1 fully saturated rings. The van der Waals surface area contributed by atoms with Crippen LogP contribution in [0.4, 0.5) is 11.4 Å². The van der Waals surface area contributed by atoms with Gasteiger partial charge in [-0.3, -0.25) is 10.1 Å². The summed E-state index contributed by atoms with van der Waals surface area (Å²) in [5, 5.41) is 15.4. The van der Waals surface area contributed by atoms with Gasteiger partial charge < -0.3 is 5.32 Å². The molecule has 4 heteroatoms. The molecule has 0 spiro atoms. The van der Waals surface area contributed by atoms with Gasteiger partial charge in [0.25, 0.3) is 5.69 Å². The van der Waals surface area contributed by atoms with Crippen molar-refractivity contribution in [1.82, 2.24) is 0 Å². The second-order valence-corrected chi connectivity index (χ2v) is 12.7. The average Bonchev–Trinajstić information content (AvgIpc) is 2.76. The predicted octanol–water partition coefficient (Wildman–Crippen LogP) is 8.14. The van der Waals surface area contributed by atoms with E-state index in [9.17, 15) is 10.1 Å². The first kappa shape index (κ1) is 24.8. The van der Waals surface area contributed by atoms with Gasteiger partial charge in [-0.15, -0.1) is 0 Å². The van der Waals surface area contributed by atoms with Crippen LogP contribution in [0.25, 0.3) is 0 Å². The molecular formula is C30H42N2O2. The van der Waals surface area contributed by atoms with E-state index in [1.165, 1.54) is 30.4 Å². The topological polar surface area (TPSA) is 55.2 Å². The molecule has 4 nitrogen and oxygen atoms in total. The summed E-state index contributed by atoms with van der Waals surface area (Å²) in [6, 6.07) is 12.9. The molecule has 0 heterocycles. The van der Waals surface area contributed by atoms with Crippen LogP contribution in [-0.4, -0.2) is 11.5 Å². The van der Waals surface area contributed by atoms with Gasteiger partial charge in [0.1, 0.15) is 5.69 Å². The summed E-state index contributed by atoms with van der Waals surface area (Å²) in [4.78, 5) is 11.6. The monoisotopic (exact) mass is 462 g/mol. The van der Waals surface area contributed by atoms with Crippen LogP contribution in [0.1, 0.15) is 102 Å². The third-order valence-electron chi connectivity index (χ3n) is 8.91. The fraction of sp³-hybridized carbons (Fsp3) is 0.600. The lowest BCUT2D eigenvalue weighted by molar-refractivity contribution is -0.384. The van der Waals surface area contributed by atoms with Crippen molar-refractivity contribution in [3.8, 4) is 0 Å². The Hall–Kier alpha value is -2.36. The van der Waals surface area contributed by atoms with Crippen LogP contribution in [0, 0.1) is 21.4 Å². The highest BCUT2D eigenvalue weighted by atomic mass is 16.6. The van der Waals surface area contributed by atoms with E-state index in [1.54, 1.807) is 11.6 Å². The molecule has 34 heavy (non-hydrogen) atoms. The lowest BCUT2D eigenvalue weighted by Crippen LogP contribution is -2.51. The maximum absolute atomic E-state index is 11.9. The fourth-order valence-electron chi connectivity index (χ4n) is 6.81. The Balaban J connectivity index is 1.61. The second kappa shape index (κ2) is 8.70. The number of anilines is 1. The first-order valence-corrected chi connectivity index (χ1v) is 13.0. The third-order valence-corrected chi connectivity index (χ3v) is 8.91. The largest absolute Gasteiger partial charge is 0.379 e. The number of nitro benzene ring substituents is 1. The molecule has 2 aromatic rings. The van der Waals surface area contributed by atoms with E-state index in [-0.39, 0.29) is 26.9 Å². The molecule has 4 rings (SSSR count). The number of nitrogens with zero attached hydrogens (tertiary/aromatic N) is 1. The molecule has 0 bridgehead atoms. The Morgan fingerprint density at radius 2 is 1.85 bits per heavy atom. The summed E-state index contributed by atoms with van der Waals surface area (Å²) in [7, 11) is 0. The van der Waals surface area contributed by atoms with Crippen LogP contribution in [0.5, 0.6) is 0 Å². The Morgan fingerprint density at radius 1 is 1.12 bits per heavy atom. The number of nitro groups is 1. The van der Waals surface area contributed by atoms with Gasteiger partial charge in [-0.2, -0.15) is 0 Å². The van der Waals surface area contributed by atoms with Crippen molar-refractivity contribution < 1.29 is 4.92 Å². The summed E-state index contributed by atoms with van der Waals surface area (Å²) in [6.45, 7) is 16.5. The van der Waals surface area contributed by atoms with Crippen LogP contribution >= 0.6 is 0 Å². The van der Waals surface area contributed by atoms with Gasteiger partial charge in [-0.25, -0.2) is 0 Å². The van der Waals surface area contributed by atoms with Crippen molar-refractivity contribution in [3.63, 3.8) is 0 Å². The van der Waals surface area contributed by atoms with Gasteiger partial charge in [0, 0.05) is 12.6 Å². The lowest BCUT2D eigenvalue weighted by atomic mass is 9.49.